The van der Waals surface area contributed by atoms with Crippen molar-refractivity contribution < 1.29 is 19.1 Å². The fraction of sp³-hybridized carbons (Fsp3) is 0.130. The van der Waals surface area contributed by atoms with Crippen LogP contribution in [-0.2, 0) is 19.9 Å². The largest absolute Gasteiger partial charge is 0.497 e. The number of carbonyl (C=O) groups is 1. The van der Waals surface area contributed by atoms with Gasteiger partial charge in [-0.25, -0.2) is 4.99 Å². The van der Waals surface area contributed by atoms with Crippen LogP contribution in [0.5, 0.6) is 5.75 Å². The average molecular weight is 423 g/mol. The van der Waals surface area contributed by atoms with Crippen LogP contribution < -0.4 is 10.2 Å². The Morgan fingerprint density at radius 1 is 1.03 bits per heavy atom. The third-order valence-electron chi connectivity index (χ3n) is 4.97. The lowest BCUT2D eigenvalue weighted by atomic mass is 9.83. The summed E-state index contributed by atoms with van der Waals surface area (Å²) in [7, 11) is 1.62. The number of aliphatic imine (C=N–C) groups is 1. The van der Waals surface area contributed by atoms with E-state index in [0.717, 1.165) is 28.0 Å². The molecule has 0 saturated carbocycles. The smallest absolute Gasteiger partial charge is 0.320 e. The molecule has 1 N–H and O–H groups in total. The average Bonchev–Trinajstić information content (AvgIpc) is 3.23. The molecule has 1 aliphatic rings. The molecule has 0 bridgehead atoms. The molecule has 3 aromatic rings. The summed E-state index contributed by atoms with van der Waals surface area (Å²) in [6, 6.07) is 23.5. The molecule has 0 radical (unpaired) electrons. The fourth-order valence-electron chi connectivity index (χ4n) is 3.49. The number of amidine groups is 1. The number of ether oxygens (including phenoxy) is 2. The van der Waals surface area contributed by atoms with Crippen LogP contribution in [-0.4, -0.2) is 26.2 Å². The Kier molecular flexibility index (Phi) is 5.59. The van der Waals surface area contributed by atoms with Crippen molar-refractivity contribution in [3.05, 3.63) is 88.9 Å². The Hall–Kier alpha value is -3.51. The SMILES string of the molecule is COc1ccc(C2(c3cccc(-c4cccc(Cl)c4)c3)COC(NOC=O)=N2)cc1. The summed E-state index contributed by atoms with van der Waals surface area (Å²) in [5.41, 5.74) is 5.43. The van der Waals surface area contributed by atoms with Gasteiger partial charge in [0.2, 0.25) is 0 Å². The van der Waals surface area contributed by atoms with E-state index in [2.05, 4.69) is 16.4 Å². The quantitative estimate of drug-likeness (QED) is 0.473. The van der Waals surface area contributed by atoms with E-state index in [1.165, 1.54) is 0 Å². The van der Waals surface area contributed by atoms with E-state index in [-0.39, 0.29) is 19.1 Å². The highest BCUT2D eigenvalue weighted by molar-refractivity contribution is 6.30. The van der Waals surface area contributed by atoms with Crippen LogP contribution in [0.25, 0.3) is 11.1 Å². The highest BCUT2D eigenvalue weighted by Crippen LogP contribution is 2.39. The van der Waals surface area contributed by atoms with Crippen LogP contribution in [0.3, 0.4) is 0 Å². The Bertz CT molecular complexity index is 1080. The lowest BCUT2D eigenvalue weighted by Crippen LogP contribution is -2.27. The summed E-state index contributed by atoms with van der Waals surface area (Å²) in [6.45, 7) is 0.516. The summed E-state index contributed by atoms with van der Waals surface area (Å²) < 4.78 is 11.0. The number of hydroxylamine groups is 1. The van der Waals surface area contributed by atoms with E-state index in [1.807, 2.05) is 66.7 Å². The summed E-state index contributed by atoms with van der Waals surface area (Å²) in [5.74, 6) is 0.743. The van der Waals surface area contributed by atoms with Gasteiger partial charge in [0.15, 0.2) is 5.54 Å². The highest BCUT2D eigenvalue weighted by Gasteiger charge is 2.41. The van der Waals surface area contributed by atoms with Crippen LogP contribution >= 0.6 is 11.6 Å². The maximum Gasteiger partial charge on any atom is 0.320 e. The highest BCUT2D eigenvalue weighted by atomic mass is 35.5. The molecule has 6 nitrogen and oxygen atoms in total. The number of hydrogen-bond acceptors (Lipinski definition) is 6. The predicted octanol–water partition coefficient (Wildman–Crippen LogP) is 4.32. The molecule has 152 valence electrons. The van der Waals surface area contributed by atoms with Gasteiger partial charge in [0.25, 0.3) is 0 Å². The number of benzene rings is 3. The van der Waals surface area contributed by atoms with E-state index < -0.39 is 5.54 Å². The topological polar surface area (TPSA) is 69.2 Å². The number of nitrogens with one attached hydrogen (secondary N) is 1. The van der Waals surface area contributed by atoms with Gasteiger partial charge in [-0.2, -0.15) is 5.48 Å². The number of halogens is 1. The van der Waals surface area contributed by atoms with E-state index in [4.69, 9.17) is 26.1 Å². The molecule has 1 unspecified atom stereocenters. The molecule has 0 fully saturated rings. The Labute approximate surface area is 179 Å². The molecular formula is C23H19ClN2O4. The maximum atomic E-state index is 10.5. The van der Waals surface area contributed by atoms with Crippen molar-refractivity contribution in [2.75, 3.05) is 13.7 Å². The first-order valence-electron chi connectivity index (χ1n) is 9.23. The van der Waals surface area contributed by atoms with Crippen LogP contribution in [0.1, 0.15) is 11.1 Å². The molecule has 1 atom stereocenters. The zero-order chi connectivity index (χ0) is 21.0. The Morgan fingerprint density at radius 3 is 2.47 bits per heavy atom. The van der Waals surface area contributed by atoms with Gasteiger partial charge in [-0.05, 0) is 52.6 Å². The van der Waals surface area contributed by atoms with Gasteiger partial charge in [-0.3, -0.25) is 4.79 Å². The molecule has 0 spiro atoms. The molecular weight excluding hydrogens is 404 g/mol. The molecule has 0 aliphatic carbocycles. The van der Waals surface area contributed by atoms with Gasteiger partial charge in [0.1, 0.15) is 12.4 Å². The van der Waals surface area contributed by atoms with E-state index >= 15 is 0 Å². The second kappa shape index (κ2) is 8.47. The molecule has 0 aromatic heterocycles. The molecule has 7 heteroatoms. The van der Waals surface area contributed by atoms with Gasteiger partial charge in [-0.15, -0.1) is 0 Å². The minimum atomic E-state index is -0.824. The maximum absolute atomic E-state index is 10.5. The molecule has 30 heavy (non-hydrogen) atoms. The first-order valence-corrected chi connectivity index (χ1v) is 9.61. The summed E-state index contributed by atoms with van der Waals surface area (Å²) in [5, 5.41) is 0.669. The van der Waals surface area contributed by atoms with Crippen molar-refractivity contribution in [2.45, 2.75) is 5.54 Å². The minimum Gasteiger partial charge on any atom is -0.497 e. The summed E-state index contributed by atoms with van der Waals surface area (Å²) in [6.07, 6.45) is 0. The summed E-state index contributed by atoms with van der Waals surface area (Å²) >= 11 is 6.18. The van der Waals surface area contributed by atoms with Crippen molar-refractivity contribution in [1.29, 1.82) is 0 Å². The van der Waals surface area contributed by atoms with E-state index in [1.54, 1.807) is 7.11 Å². The minimum absolute atomic E-state index is 0.131. The number of carbonyl (C=O) groups excluding carboxylic acids is 1. The number of rotatable bonds is 6. The third kappa shape index (κ3) is 3.82. The molecule has 1 heterocycles. The van der Waals surface area contributed by atoms with E-state index in [9.17, 15) is 4.79 Å². The van der Waals surface area contributed by atoms with Gasteiger partial charge < -0.3 is 14.3 Å². The normalized spacial score (nSPS) is 17.6. The van der Waals surface area contributed by atoms with Crippen LogP contribution in [0.15, 0.2) is 77.8 Å². The van der Waals surface area contributed by atoms with Crippen molar-refractivity contribution in [3.8, 4) is 16.9 Å². The second-order valence-corrected chi connectivity index (χ2v) is 7.14. The van der Waals surface area contributed by atoms with Crippen LogP contribution in [0, 0.1) is 0 Å². The fourth-order valence-corrected chi connectivity index (χ4v) is 3.68. The first-order chi connectivity index (χ1) is 14.6. The number of nitrogens with zero attached hydrogens (tertiary/aromatic N) is 1. The molecule has 3 aromatic carbocycles. The van der Waals surface area contributed by atoms with Crippen molar-refractivity contribution in [2.24, 2.45) is 4.99 Å². The van der Waals surface area contributed by atoms with Gasteiger partial charge >= 0.3 is 12.5 Å². The van der Waals surface area contributed by atoms with Crippen LogP contribution in [0.2, 0.25) is 5.02 Å². The van der Waals surface area contributed by atoms with Crippen molar-refractivity contribution in [3.63, 3.8) is 0 Å². The number of methoxy groups -OCH3 is 1. The predicted molar refractivity (Wildman–Crippen MR) is 114 cm³/mol. The zero-order valence-electron chi connectivity index (χ0n) is 16.2. The summed E-state index contributed by atoms with van der Waals surface area (Å²) in [4.78, 5) is 19.9. The third-order valence-corrected chi connectivity index (χ3v) is 5.21. The zero-order valence-corrected chi connectivity index (χ0v) is 16.9. The molecule has 1 aliphatic heterocycles. The van der Waals surface area contributed by atoms with E-state index in [0.29, 0.717) is 5.02 Å². The Balaban J connectivity index is 1.81. The van der Waals surface area contributed by atoms with Crippen molar-refractivity contribution in [1.82, 2.24) is 5.48 Å². The van der Waals surface area contributed by atoms with Gasteiger partial charge in [-0.1, -0.05) is 54.1 Å². The second-order valence-electron chi connectivity index (χ2n) is 6.70. The van der Waals surface area contributed by atoms with Gasteiger partial charge in [0.05, 0.1) is 7.11 Å². The lowest BCUT2D eigenvalue weighted by molar-refractivity contribution is -0.132. The molecule has 0 amide bonds. The number of hydrogen-bond donors (Lipinski definition) is 1. The van der Waals surface area contributed by atoms with Gasteiger partial charge in [0, 0.05) is 5.02 Å². The monoisotopic (exact) mass is 422 g/mol. The van der Waals surface area contributed by atoms with Crippen LogP contribution in [0.4, 0.5) is 0 Å². The van der Waals surface area contributed by atoms with Crippen molar-refractivity contribution >= 4 is 24.1 Å². The standard InChI is InChI=1S/C23H19ClN2O4/c1-28-21-10-8-18(9-11-21)23(14-29-22(25-23)26-30-15-27)19-6-2-4-16(12-19)17-5-3-7-20(24)13-17/h2-13,15H,14H2,1H3,(H,25,26). The molecule has 4 rings (SSSR count). The Morgan fingerprint density at radius 2 is 1.77 bits per heavy atom. The first kappa shape index (κ1) is 19.8. The lowest BCUT2D eigenvalue weighted by Gasteiger charge is -2.26. The molecule has 0 saturated heterocycles.